The van der Waals surface area contributed by atoms with E-state index in [1.807, 2.05) is 12.1 Å². The van der Waals surface area contributed by atoms with Gasteiger partial charge in [0.05, 0.1) is 30.2 Å². The molecule has 1 aliphatic heterocycles. The SMILES string of the molecule is N#Cc1ccc(Nc2nccc([C@@H]3CCCN3Cc3ccc(B(O)O)o3)n2)cn1. The number of nitriles is 1. The molecule has 0 saturated carbocycles. The van der Waals surface area contributed by atoms with E-state index in [1.165, 1.54) is 0 Å². The molecule has 0 unspecified atom stereocenters. The van der Waals surface area contributed by atoms with E-state index in [0.717, 1.165) is 25.1 Å². The number of hydrogen-bond donors (Lipinski definition) is 3. The number of pyridine rings is 1. The van der Waals surface area contributed by atoms with Crippen molar-refractivity contribution < 1.29 is 14.5 Å². The lowest BCUT2D eigenvalue weighted by Gasteiger charge is -2.23. The highest BCUT2D eigenvalue weighted by atomic mass is 16.4. The average Bonchev–Trinajstić information content (AvgIpc) is 3.39. The first-order valence-corrected chi connectivity index (χ1v) is 9.27. The van der Waals surface area contributed by atoms with Gasteiger partial charge in [0.15, 0.2) is 0 Å². The van der Waals surface area contributed by atoms with Gasteiger partial charge in [0, 0.05) is 6.20 Å². The largest absolute Gasteiger partial charge is 0.526 e. The van der Waals surface area contributed by atoms with E-state index in [9.17, 15) is 10.0 Å². The quantitative estimate of drug-likeness (QED) is 0.530. The van der Waals surface area contributed by atoms with Gasteiger partial charge in [-0.1, -0.05) is 0 Å². The second-order valence-electron chi connectivity index (χ2n) is 6.78. The predicted octanol–water partition coefficient (Wildman–Crippen LogP) is 1.10. The van der Waals surface area contributed by atoms with Crippen LogP contribution in [0.5, 0.6) is 0 Å². The Morgan fingerprint density at radius 1 is 1.24 bits per heavy atom. The average molecular weight is 390 g/mol. The lowest BCUT2D eigenvalue weighted by Crippen LogP contribution is -2.28. The summed E-state index contributed by atoms with van der Waals surface area (Å²) < 4.78 is 5.50. The van der Waals surface area contributed by atoms with Gasteiger partial charge >= 0.3 is 7.12 Å². The van der Waals surface area contributed by atoms with Crippen LogP contribution in [0.25, 0.3) is 0 Å². The molecule has 0 aromatic carbocycles. The van der Waals surface area contributed by atoms with E-state index >= 15 is 0 Å². The molecule has 0 spiro atoms. The number of rotatable bonds is 6. The van der Waals surface area contributed by atoms with E-state index in [-0.39, 0.29) is 11.7 Å². The van der Waals surface area contributed by atoms with Crippen LogP contribution in [0.1, 0.15) is 36.0 Å². The minimum absolute atomic E-state index is 0.116. The van der Waals surface area contributed by atoms with Crippen molar-refractivity contribution in [1.29, 1.82) is 5.26 Å². The summed E-state index contributed by atoms with van der Waals surface area (Å²) in [5, 5.41) is 30.4. The standard InChI is InChI=1S/C19H19BN6O3/c21-10-13-3-4-14(11-23-13)24-19-22-8-7-16(25-19)17-2-1-9-26(17)12-15-5-6-18(29-15)20(27)28/h3-8,11,17,27-28H,1-2,9,12H2,(H,22,24,25)/t17-/m0/s1. The lowest BCUT2D eigenvalue weighted by molar-refractivity contribution is 0.225. The zero-order valence-electron chi connectivity index (χ0n) is 15.6. The molecule has 1 saturated heterocycles. The molecule has 3 N–H and O–H groups in total. The number of furan rings is 1. The van der Waals surface area contributed by atoms with Crippen LogP contribution in [-0.2, 0) is 6.54 Å². The Balaban J connectivity index is 1.47. The van der Waals surface area contributed by atoms with Crippen molar-refractivity contribution in [3.8, 4) is 6.07 Å². The van der Waals surface area contributed by atoms with Crippen molar-refractivity contribution in [2.24, 2.45) is 0 Å². The summed E-state index contributed by atoms with van der Waals surface area (Å²) in [5.41, 5.74) is 2.09. The summed E-state index contributed by atoms with van der Waals surface area (Å²) in [4.78, 5) is 15.2. The molecule has 10 heteroatoms. The second kappa shape index (κ2) is 8.40. The zero-order chi connectivity index (χ0) is 20.2. The molecular formula is C19H19BN6O3. The smallest absolute Gasteiger partial charge is 0.468 e. The fourth-order valence-electron chi connectivity index (χ4n) is 3.45. The Labute approximate surface area is 167 Å². The van der Waals surface area contributed by atoms with E-state index in [4.69, 9.17) is 9.68 Å². The summed E-state index contributed by atoms with van der Waals surface area (Å²) in [6, 6.07) is 10.7. The summed E-state index contributed by atoms with van der Waals surface area (Å²) in [7, 11) is -1.61. The van der Waals surface area contributed by atoms with E-state index < -0.39 is 7.12 Å². The van der Waals surface area contributed by atoms with Crippen molar-refractivity contribution in [3.05, 3.63) is 59.9 Å². The van der Waals surface area contributed by atoms with E-state index in [2.05, 4.69) is 25.2 Å². The molecule has 9 nitrogen and oxygen atoms in total. The topological polar surface area (TPSA) is 131 Å². The Morgan fingerprint density at radius 3 is 2.86 bits per heavy atom. The summed E-state index contributed by atoms with van der Waals surface area (Å²) in [6.07, 6.45) is 5.28. The Morgan fingerprint density at radius 2 is 2.14 bits per heavy atom. The maximum absolute atomic E-state index is 9.21. The van der Waals surface area contributed by atoms with Crippen LogP contribution in [0.3, 0.4) is 0 Å². The molecular weight excluding hydrogens is 371 g/mol. The molecule has 146 valence electrons. The minimum Gasteiger partial charge on any atom is -0.468 e. The van der Waals surface area contributed by atoms with Crippen LogP contribution in [0.4, 0.5) is 11.6 Å². The first-order chi connectivity index (χ1) is 14.1. The van der Waals surface area contributed by atoms with Gasteiger partial charge < -0.3 is 19.8 Å². The second-order valence-corrected chi connectivity index (χ2v) is 6.78. The maximum atomic E-state index is 9.21. The van der Waals surface area contributed by atoms with Crippen LogP contribution >= 0.6 is 0 Å². The molecule has 0 bridgehead atoms. The highest BCUT2D eigenvalue weighted by Crippen LogP contribution is 2.32. The third-order valence-electron chi connectivity index (χ3n) is 4.81. The Bertz CT molecular complexity index is 1020. The number of anilines is 2. The normalized spacial score (nSPS) is 16.5. The Kier molecular flexibility index (Phi) is 5.53. The molecule has 0 radical (unpaired) electrons. The van der Waals surface area contributed by atoms with Crippen molar-refractivity contribution in [2.75, 3.05) is 11.9 Å². The molecule has 3 aromatic rings. The fraction of sp³-hybridized carbons (Fsp3) is 0.263. The van der Waals surface area contributed by atoms with Crippen LogP contribution in [0.2, 0.25) is 0 Å². The number of hydrogen-bond acceptors (Lipinski definition) is 9. The third kappa shape index (κ3) is 4.43. The van der Waals surface area contributed by atoms with E-state index in [1.54, 1.807) is 36.7 Å². The molecule has 0 aliphatic carbocycles. The first kappa shape index (κ1) is 19.1. The van der Waals surface area contributed by atoms with Crippen LogP contribution in [0.15, 0.2) is 47.1 Å². The van der Waals surface area contributed by atoms with Crippen molar-refractivity contribution in [3.63, 3.8) is 0 Å². The number of aromatic nitrogens is 3. The van der Waals surface area contributed by atoms with Crippen molar-refractivity contribution in [1.82, 2.24) is 19.9 Å². The fourth-order valence-corrected chi connectivity index (χ4v) is 3.45. The molecule has 1 fully saturated rings. The molecule has 29 heavy (non-hydrogen) atoms. The van der Waals surface area contributed by atoms with Gasteiger partial charge in [0.1, 0.15) is 23.2 Å². The van der Waals surface area contributed by atoms with Crippen LogP contribution in [-0.4, -0.2) is 43.6 Å². The van der Waals surface area contributed by atoms with Crippen LogP contribution < -0.4 is 11.0 Å². The highest BCUT2D eigenvalue weighted by Gasteiger charge is 2.28. The minimum atomic E-state index is -1.61. The molecule has 0 amide bonds. The predicted molar refractivity (Wildman–Crippen MR) is 105 cm³/mol. The summed E-state index contributed by atoms with van der Waals surface area (Å²) in [5.74, 6) is 1.14. The number of nitrogens with one attached hydrogen (secondary N) is 1. The van der Waals surface area contributed by atoms with E-state index in [0.29, 0.717) is 29.6 Å². The third-order valence-corrected chi connectivity index (χ3v) is 4.81. The van der Waals surface area contributed by atoms with Gasteiger partial charge in [-0.05, 0) is 49.7 Å². The lowest BCUT2D eigenvalue weighted by atomic mass is 9.88. The van der Waals surface area contributed by atoms with Gasteiger partial charge in [-0.15, -0.1) is 0 Å². The highest BCUT2D eigenvalue weighted by molar-refractivity contribution is 6.56. The zero-order valence-corrected chi connectivity index (χ0v) is 15.6. The van der Waals surface area contributed by atoms with Gasteiger partial charge in [-0.2, -0.15) is 5.26 Å². The molecule has 3 aromatic heterocycles. The van der Waals surface area contributed by atoms with Gasteiger partial charge in [0.25, 0.3) is 0 Å². The number of likely N-dealkylation sites (tertiary alicyclic amines) is 1. The molecule has 4 rings (SSSR count). The van der Waals surface area contributed by atoms with Gasteiger partial charge in [0.2, 0.25) is 5.95 Å². The summed E-state index contributed by atoms with van der Waals surface area (Å²) >= 11 is 0. The van der Waals surface area contributed by atoms with Gasteiger partial charge in [-0.3, -0.25) is 4.90 Å². The van der Waals surface area contributed by atoms with Crippen molar-refractivity contribution in [2.45, 2.75) is 25.4 Å². The van der Waals surface area contributed by atoms with Crippen LogP contribution in [0, 0.1) is 11.3 Å². The van der Waals surface area contributed by atoms with Crippen molar-refractivity contribution >= 4 is 24.4 Å². The first-order valence-electron chi connectivity index (χ1n) is 9.27. The Hall–Kier alpha value is -3.26. The number of nitrogens with zero attached hydrogens (tertiary/aromatic N) is 5. The molecule has 4 heterocycles. The monoisotopic (exact) mass is 390 g/mol. The van der Waals surface area contributed by atoms with Gasteiger partial charge in [-0.25, -0.2) is 15.0 Å². The summed E-state index contributed by atoms with van der Waals surface area (Å²) in [6.45, 7) is 1.46. The molecule has 1 aliphatic rings. The maximum Gasteiger partial charge on any atom is 0.526 e. The molecule has 1 atom stereocenters.